The predicted molar refractivity (Wildman–Crippen MR) is 135 cm³/mol. The minimum absolute atomic E-state index is 0. The lowest BCUT2D eigenvalue weighted by molar-refractivity contribution is 0.198. The highest BCUT2D eigenvalue weighted by molar-refractivity contribution is 14.0. The van der Waals surface area contributed by atoms with Crippen LogP contribution >= 0.6 is 47.2 Å². The Hall–Kier alpha value is -1.60. The highest BCUT2D eigenvalue weighted by Gasteiger charge is 2.20. The van der Waals surface area contributed by atoms with Gasteiger partial charge < -0.3 is 10.6 Å². The lowest BCUT2D eigenvalue weighted by Crippen LogP contribution is -2.48. The highest BCUT2D eigenvalue weighted by atomic mass is 127. The molecule has 9 heteroatoms. The summed E-state index contributed by atoms with van der Waals surface area (Å²) in [5, 5.41) is 16.7. The molecular formula is C22H25Cl2FIN5. The fourth-order valence-corrected chi connectivity index (χ4v) is 3.80. The number of nitriles is 1. The first-order valence-electron chi connectivity index (χ1n) is 9.80. The molecule has 0 amide bonds. The van der Waals surface area contributed by atoms with E-state index in [1.54, 1.807) is 13.1 Å². The Balaban J connectivity index is 0.00000341. The van der Waals surface area contributed by atoms with E-state index in [0.29, 0.717) is 27.1 Å². The van der Waals surface area contributed by atoms with Crippen LogP contribution in [0, 0.1) is 17.1 Å². The predicted octanol–water partition coefficient (Wildman–Crippen LogP) is 4.95. The van der Waals surface area contributed by atoms with Gasteiger partial charge in [-0.05, 0) is 48.7 Å². The van der Waals surface area contributed by atoms with E-state index in [2.05, 4.69) is 20.5 Å². The zero-order chi connectivity index (χ0) is 21.5. The Bertz CT molecular complexity index is 955. The van der Waals surface area contributed by atoms with E-state index in [1.807, 2.05) is 24.3 Å². The van der Waals surface area contributed by atoms with E-state index in [4.69, 9.17) is 28.5 Å². The summed E-state index contributed by atoms with van der Waals surface area (Å²) in [4.78, 5) is 6.63. The Morgan fingerprint density at radius 1 is 1.19 bits per heavy atom. The van der Waals surface area contributed by atoms with Crippen molar-refractivity contribution in [2.75, 3.05) is 20.1 Å². The molecule has 2 aromatic carbocycles. The van der Waals surface area contributed by atoms with E-state index < -0.39 is 0 Å². The summed E-state index contributed by atoms with van der Waals surface area (Å²) in [5.74, 6) is 0.284. The number of guanidine groups is 1. The second-order valence-corrected chi connectivity index (χ2v) is 8.10. The van der Waals surface area contributed by atoms with E-state index in [-0.39, 0.29) is 42.4 Å². The zero-order valence-electron chi connectivity index (χ0n) is 17.2. The molecule has 0 bridgehead atoms. The monoisotopic (exact) mass is 575 g/mol. The van der Waals surface area contributed by atoms with Gasteiger partial charge in [0.2, 0.25) is 0 Å². The number of piperidine rings is 1. The first-order valence-corrected chi connectivity index (χ1v) is 10.6. The maximum absolute atomic E-state index is 14.0. The molecule has 0 saturated carbocycles. The molecule has 1 aliphatic rings. The number of nitrogens with one attached hydrogen (secondary N) is 2. The standard InChI is InChI=1S/C22H24Cl2FN5.HI/c1-27-22(28-13-17-10-15(12-26)3-5-21(17)25)29-18-6-8-30(9-7-18)14-16-2-4-19(23)20(24)11-16;/h2-5,10-11,18H,6-9,13-14H2,1H3,(H2,27,28,29);1H. The number of hydrogen-bond donors (Lipinski definition) is 2. The van der Waals surface area contributed by atoms with Gasteiger partial charge in [-0.25, -0.2) is 4.39 Å². The molecule has 0 aromatic heterocycles. The van der Waals surface area contributed by atoms with Crippen molar-refractivity contribution in [2.24, 2.45) is 4.99 Å². The maximum atomic E-state index is 14.0. The largest absolute Gasteiger partial charge is 0.354 e. The van der Waals surface area contributed by atoms with Crippen LogP contribution in [-0.2, 0) is 13.1 Å². The molecule has 0 atom stereocenters. The van der Waals surface area contributed by atoms with Crippen LogP contribution in [-0.4, -0.2) is 37.0 Å². The number of likely N-dealkylation sites (tertiary alicyclic amines) is 1. The molecule has 1 aliphatic heterocycles. The van der Waals surface area contributed by atoms with Gasteiger partial charge in [-0.3, -0.25) is 9.89 Å². The molecule has 5 nitrogen and oxygen atoms in total. The molecule has 0 radical (unpaired) electrons. The normalized spacial score (nSPS) is 15.1. The highest BCUT2D eigenvalue weighted by Crippen LogP contribution is 2.24. The zero-order valence-corrected chi connectivity index (χ0v) is 21.0. The van der Waals surface area contributed by atoms with Crippen molar-refractivity contribution in [2.45, 2.75) is 32.0 Å². The molecule has 2 aromatic rings. The number of rotatable bonds is 5. The molecular weight excluding hydrogens is 551 g/mol. The third-order valence-corrected chi connectivity index (χ3v) is 5.90. The van der Waals surface area contributed by atoms with Gasteiger partial charge in [0.05, 0.1) is 21.7 Å². The molecule has 1 heterocycles. The summed E-state index contributed by atoms with van der Waals surface area (Å²) in [5.41, 5.74) is 2.02. The smallest absolute Gasteiger partial charge is 0.191 e. The number of benzene rings is 2. The average molecular weight is 576 g/mol. The summed E-state index contributed by atoms with van der Waals surface area (Å²) in [6.07, 6.45) is 1.95. The van der Waals surface area contributed by atoms with Gasteiger partial charge in [0.15, 0.2) is 5.96 Å². The molecule has 3 rings (SSSR count). The van der Waals surface area contributed by atoms with E-state index >= 15 is 0 Å². The van der Waals surface area contributed by atoms with Crippen molar-refractivity contribution in [3.63, 3.8) is 0 Å². The van der Waals surface area contributed by atoms with Crippen molar-refractivity contribution in [3.8, 4) is 6.07 Å². The quantitative estimate of drug-likeness (QED) is 0.301. The second-order valence-electron chi connectivity index (χ2n) is 7.29. The van der Waals surface area contributed by atoms with Crippen LogP contribution in [0.4, 0.5) is 4.39 Å². The van der Waals surface area contributed by atoms with Crippen molar-refractivity contribution in [1.82, 2.24) is 15.5 Å². The Kier molecular flexibility index (Phi) is 10.3. The molecule has 0 spiro atoms. The fourth-order valence-electron chi connectivity index (χ4n) is 3.48. The maximum Gasteiger partial charge on any atom is 0.191 e. The van der Waals surface area contributed by atoms with Gasteiger partial charge >= 0.3 is 0 Å². The Labute approximate surface area is 209 Å². The van der Waals surface area contributed by atoms with Crippen LogP contribution in [0.1, 0.15) is 29.5 Å². The SMILES string of the molecule is CN=C(NCc1cc(C#N)ccc1F)NC1CCN(Cc2ccc(Cl)c(Cl)c2)CC1.I. The van der Waals surface area contributed by atoms with Crippen LogP contribution in [0.25, 0.3) is 0 Å². The van der Waals surface area contributed by atoms with Crippen LogP contribution in [0.15, 0.2) is 41.4 Å². The minimum atomic E-state index is -0.340. The van der Waals surface area contributed by atoms with Gasteiger partial charge in [-0.1, -0.05) is 29.3 Å². The Morgan fingerprint density at radius 2 is 1.94 bits per heavy atom. The summed E-state index contributed by atoms with van der Waals surface area (Å²) in [6.45, 7) is 3.00. The van der Waals surface area contributed by atoms with Gasteiger partial charge in [0.1, 0.15) is 5.82 Å². The molecule has 0 unspecified atom stereocenters. The summed E-state index contributed by atoms with van der Waals surface area (Å²) in [6, 6.07) is 12.4. The van der Waals surface area contributed by atoms with Gasteiger partial charge in [-0.15, -0.1) is 24.0 Å². The van der Waals surface area contributed by atoms with Crippen molar-refractivity contribution in [3.05, 3.63) is 69.0 Å². The van der Waals surface area contributed by atoms with Crippen LogP contribution in [0.5, 0.6) is 0 Å². The molecule has 1 fully saturated rings. The number of nitrogens with zero attached hydrogens (tertiary/aromatic N) is 3. The van der Waals surface area contributed by atoms with Crippen molar-refractivity contribution < 1.29 is 4.39 Å². The summed E-state index contributed by atoms with van der Waals surface area (Å²) < 4.78 is 14.0. The molecule has 0 aliphatic carbocycles. The van der Waals surface area contributed by atoms with Crippen LogP contribution in [0.2, 0.25) is 10.0 Å². The third kappa shape index (κ3) is 7.49. The van der Waals surface area contributed by atoms with Crippen LogP contribution < -0.4 is 10.6 Å². The van der Waals surface area contributed by atoms with Crippen LogP contribution in [0.3, 0.4) is 0 Å². The average Bonchev–Trinajstić information content (AvgIpc) is 2.76. The lowest BCUT2D eigenvalue weighted by Gasteiger charge is -2.33. The second kappa shape index (κ2) is 12.4. The van der Waals surface area contributed by atoms with Gasteiger partial charge in [0, 0.05) is 44.8 Å². The minimum Gasteiger partial charge on any atom is -0.354 e. The Morgan fingerprint density at radius 3 is 2.58 bits per heavy atom. The molecule has 2 N–H and O–H groups in total. The van der Waals surface area contributed by atoms with Crippen molar-refractivity contribution >= 4 is 53.1 Å². The molecule has 1 saturated heterocycles. The first-order chi connectivity index (χ1) is 14.5. The molecule has 31 heavy (non-hydrogen) atoms. The third-order valence-electron chi connectivity index (χ3n) is 5.16. The fraction of sp³-hybridized carbons (Fsp3) is 0.364. The lowest BCUT2D eigenvalue weighted by atomic mass is 10.0. The number of halogens is 4. The summed E-state index contributed by atoms with van der Waals surface area (Å²) in [7, 11) is 1.69. The number of hydrogen-bond acceptors (Lipinski definition) is 3. The number of aliphatic imine (C=N–C) groups is 1. The van der Waals surface area contributed by atoms with E-state index in [0.717, 1.165) is 38.0 Å². The molecule has 166 valence electrons. The van der Waals surface area contributed by atoms with Gasteiger partial charge in [-0.2, -0.15) is 5.26 Å². The van der Waals surface area contributed by atoms with Gasteiger partial charge in [0.25, 0.3) is 0 Å². The van der Waals surface area contributed by atoms with Crippen molar-refractivity contribution in [1.29, 1.82) is 5.26 Å². The first kappa shape index (κ1) is 25.7. The van der Waals surface area contributed by atoms with E-state index in [9.17, 15) is 4.39 Å². The summed E-state index contributed by atoms with van der Waals surface area (Å²) >= 11 is 12.1. The topological polar surface area (TPSA) is 63.5 Å². The van der Waals surface area contributed by atoms with E-state index in [1.165, 1.54) is 12.1 Å².